The zero-order valence-corrected chi connectivity index (χ0v) is 18.8. The zero-order valence-electron chi connectivity index (χ0n) is 18.8. The monoisotopic (exact) mass is 414 g/mol. The second kappa shape index (κ2) is 10.9. The number of aryl methyl sites for hydroxylation is 1. The van der Waals surface area contributed by atoms with E-state index >= 15 is 0 Å². The molecule has 0 aliphatic rings. The van der Waals surface area contributed by atoms with Gasteiger partial charge in [-0.05, 0) is 12.0 Å². The Morgan fingerprint density at radius 2 is 1.90 bits per heavy atom. The van der Waals surface area contributed by atoms with Gasteiger partial charge in [0.1, 0.15) is 12.4 Å². The highest BCUT2D eigenvalue weighted by Crippen LogP contribution is 2.23. The number of amides is 2. The average molecular weight is 415 g/mol. The number of rotatable bonds is 10. The molecule has 30 heavy (non-hydrogen) atoms. The lowest BCUT2D eigenvalue weighted by atomic mass is 9.92. The molecule has 0 unspecified atom stereocenters. The standard InChI is InChI=1S/C23H34N4O3/c1-6-7-13-27(22(29)17-30-16-18-11-9-8-10-12-18)15-21(28)24-20-14-19(23(2,3)4)25-26(20)5/h8-12,14H,6-7,13,15-17H2,1-5H3,(H,24,28). The van der Waals surface area contributed by atoms with Gasteiger partial charge in [0.25, 0.3) is 0 Å². The summed E-state index contributed by atoms with van der Waals surface area (Å²) < 4.78 is 7.22. The fourth-order valence-electron chi connectivity index (χ4n) is 2.87. The number of nitrogens with zero attached hydrogens (tertiary/aromatic N) is 3. The van der Waals surface area contributed by atoms with Crippen molar-refractivity contribution in [2.24, 2.45) is 7.05 Å². The second-order valence-corrected chi connectivity index (χ2v) is 8.48. The summed E-state index contributed by atoms with van der Waals surface area (Å²) in [7, 11) is 1.79. The molecule has 0 bridgehead atoms. The number of nitrogens with one attached hydrogen (secondary N) is 1. The Bertz CT molecular complexity index is 825. The van der Waals surface area contributed by atoms with Crippen molar-refractivity contribution in [3.05, 3.63) is 47.7 Å². The lowest BCUT2D eigenvalue weighted by molar-refractivity contribution is -0.139. The summed E-state index contributed by atoms with van der Waals surface area (Å²) in [5, 5.41) is 7.34. The van der Waals surface area contributed by atoms with Crippen molar-refractivity contribution >= 4 is 17.6 Å². The minimum Gasteiger partial charge on any atom is -0.367 e. The van der Waals surface area contributed by atoms with E-state index in [1.165, 1.54) is 0 Å². The molecule has 0 atom stereocenters. The van der Waals surface area contributed by atoms with E-state index in [4.69, 9.17) is 4.74 Å². The third-order valence-electron chi connectivity index (χ3n) is 4.72. The van der Waals surface area contributed by atoms with Gasteiger partial charge in [-0.1, -0.05) is 64.4 Å². The van der Waals surface area contributed by atoms with Crippen molar-refractivity contribution in [2.45, 2.75) is 52.6 Å². The Morgan fingerprint density at radius 1 is 1.20 bits per heavy atom. The molecule has 1 N–H and O–H groups in total. The fourth-order valence-corrected chi connectivity index (χ4v) is 2.87. The zero-order chi connectivity index (χ0) is 22.1. The van der Waals surface area contributed by atoms with Crippen LogP contribution in [0.1, 0.15) is 51.8 Å². The summed E-state index contributed by atoms with van der Waals surface area (Å²) in [6.07, 6.45) is 1.77. The first-order valence-electron chi connectivity index (χ1n) is 10.4. The van der Waals surface area contributed by atoms with Crippen LogP contribution in [0.3, 0.4) is 0 Å². The van der Waals surface area contributed by atoms with Crippen LogP contribution in [-0.2, 0) is 33.4 Å². The summed E-state index contributed by atoms with van der Waals surface area (Å²) >= 11 is 0. The van der Waals surface area contributed by atoms with Crippen LogP contribution >= 0.6 is 0 Å². The highest BCUT2D eigenvalue weighted by molar-refractivity contribution is 5.94. The molecule has 7 nitrogen and oxygen atoms in total. The molecule has 0 saturated heterocycles. The van der Waals surface area contributed by atoms with Crippen molar-refractivity contribution in [3.63, 3.8) is 0 Å². The average Bonchev–Trinajstić information content (AvgIpc) is 3.06. The van der Waals surface area contributed by atoms with Crippen LogP contribution < -0.4 is 5.32 Å². The van der Waals surface area contributed by atoms with Crippen LogP contribution in [-0.4, -0.2) is 46.2 Å². The molecule has 2 rings (SSSR count). The smallest absolute Gasteiger partial charge is 0.249 e. The topological polar surface area (TPSA) is 76.5 Å². The maximum Gasteiger partial charge on any atom is 0.249 e. The molecular formula is C23H34N4O3. The highest BCUT2D eigenvalue weighted by atomic mass is 16.5. The third-order valence-corrected chi connectivity index (χ3v) is 4.72. The number of benzene rings is 1. The van der Waals surface area contributed by atoms with Crippen LogP contribution in [0.25, 0.3) is 0 Å². The van der Waals surface area contributed by atoms with Crippen LogP contribution in [0, 0.1) is 0 Å². The number of hydrogen-bond donors (Lipinski definition) is 1. The maximum atomic E-state index is 12.6. The number of carbonyl (C=O) groups excluding carboxylic acids is 2. The SMILES string of the molecule is CCCCN(CC(=O)Nc1cc(C(C)(C)C)nn1C)C(=O)COCc1ccccc1. The molecule has 164 valence electrons. The van der Waals surface area contributed by atoms with Crippen molar-refractivity contribution in [3.8, 4) is 0 Å². The van der Waals surface area contributed by atoms with Gasteiger partial charge in [-0.2, -0.15) is 5.10 Å². The normalized spacial score (nSPS) is 11.4. The van der Waals surface area contributed by atoms with Crippen molar-refractivity contribution in [1.29, 1.82) is 0 Å². The summed E-state index contributed by atoms with van der Waals surface area (Å²) in [5.74, 6) is 0.189. The largest absolute Gasteiger partial charge is 0.367 e. The first-order valence-corrected chi connectivity index (χ1v) is 10.4. The van der Waals surface area contributed by atoms with Gasteiger partial charge in [0.15, 0.2) is 0 Å². The summed E-state index contributed by atoms with van der Waals surface area (Å²) in [6.45, 7) is 9.10. The van der Waals surface area contributed by atoms with Gasteiger partial charge in [-0.3, -0.25) is 14.3 Å². The van der Waals surface area contributed by atoms with Crippen molar-refractivity contribution < 1.29 is 14.3 Å². The van der Waals surface area contributed by atoms with E-state index in [9.17, 15) is 9.59 Å². The molecule has 2 amide bonds. The first kappa shape index (κ1) is 23.6. The minimum absolute atomic E-state index is 0.0104. The number of anilines is 1. The first-order chi connectivity index (χ1) is 14.2. The van der Waals surface area contributed by atoms with E-state index in [0.717, 1.165) is 24.1 Å². The van der Waals surface area contributed by atoms with E-state index in [2.05, 4.69) is 38.1 Å². The van der Waals surface area contributed by atoms with Crippen LogP contribution in [0.15, 0.2) is 36.4 Å². The molecule has 0 radical (unpaired) electrons. The molecular weight excluding hydrogens is 380 g/mol. The fraction of sp³-hybridized carbons (Fsp3) is 0.522. The van der Waals surface area contributed by atoms with Gasteiger partial charge < -0.3 is 15.0 Å². The molecule has 0 spiro atoms. The van der Waals surface area contributed by atoms with E-state index in [-0.39, 0.29) is 30.4 Å². The molecule has 1 aromatic carbocycles. The number of unbranched alkanes of at least 4 members (excludes halogenated alkanes) is 1. The summed E-state index contributed by atoms with van der Waals surface area (Å²) in [6, 6.07) is 11.6. The van der Waals surface area contributed by atoms with Crippen molar-refractivity contribution in [2.75, 3.05) is 25.0 Å². The van der Waals surface area contributed by atoms with Gasteiger partial charge in [-0.15, -0.1) is 0 Å². The highest BCUT2D eigenvalue weighted by Gasteiger charge is 2.21. The molecule has 0 aliphatic carbocycles. The molecule has 2 aromatic rings. The van der Waals surface area contributed by atoms with Crippen molar-refractivity contribution in [1.82, 2.24) is 14.7 Å². The molecule has 0 aliphatic heterocycles. The van der Waals surface area contributed by atoms with Gasteiger partial charge in [0, 0.05) is 25.1 Å². The number of carbonyl (C=O) groups is 2. The summed E-state index contributed by atoms with van der Waals surface area (Å²) in [5.41, 5.74) is 1.79. The van der Waals surface area contributed by atoms with Gasteiger partial charge >= 0.3 is 0 Å². The predicted molar refractivity (Wildman–Crippen MR) is 118 cm³/mol. The lowest BCUT2D eigenvalue weighted by Crippen LogP contribution is -2.40. The molecule has 7 heteroatoms. The van der Waals surface area contributed by atoms with E-state index in [1.807, 2.05) is 36.4 Å². The number of aromatic nitrogens is 2. The number of ether oxygens (including phenoxy) is 1. The summed E-state index contributed by atoms with van der Waals surface area (Å²) in [4.78, 5) is 26.8. The Morgan fingerprint density at radius 3 is 2.50 bits per heavy atom. The van der Waals surface area contributed by atoms with Gasteiger partial charge in [0.2, 0.25) is 11.8 Å². The Balaban J connectivity index is 1.93. The van der Waals surface area contributed by atoms with Crippen LogP contribution in [0.2, 0.25) is 0 Å². The second-order valence-electron chi connectivity index (χ2n) is 8.48. The Labute approximate surface area is 179 Å². The molecule has 1 heterocycles. The predicted octanol–water partition coefficient (Wildman–Crippen LogP) is 3.50. The Kier molecular flexibility index (Phi) is 8.59. The van der Waals surface area contributed by atoms with E-state index < -0.39 is 0 Å². The van der Waals surface area contributed by atoms with E-state index in [1.54, 1.807) is 16.6 Å². The van der Waals surface area contributed by atoms with E-state index in [0.29, 0.717) is 19.0 Å². The number of hydrogen-bond acceptors (Lipinski definition) is 4. The third kappa shape index (κ3) is 7.30. The maximum absolute atomic E-state index is 12.6. The minimum atomic E-state index is -0.244. The molecule has 1 aromatic heterocycles. The molecule has 0 fully saturated rings. The quantitative estimate of drug-likeness (QED) is 0.646. The van der Waals surface area contributed by atoms with Crippen LogP contribution in [0.5, 0.6) is 0 Å². The van der Waals surface area contributed by atoms with Gasteiger partial charge in [-0.25, -0.2) is 0 Å². The van der Waals surface area contributed by atoms with Gasteiger partial charge in [0.05, 0.1) is 18.8 Å². The van der Waals surface area contributed by atoms with Crippen LogP contribution in [0.4, 0.5) is 5.82 Å². The lowest BCUT2D eigenvalue weighted by Gasteiger charge is -2.22. The Hall–Kier alpha value is -2.67. The molecule has 0 saturated carbocycles.